The van der Waals surface area contributed by atoms with Crippen LogP contribution in [0.3, 0.4) is 0 Å². The minimum Gasteiger partial charge on any atom is -0.394 e. The highest BCUT2D eigenvalue weighted by atomic mass is 16.7. The van der Waals surface area contributed by atoms with Crippen molar-refractivity contribution in [2.45, 2.75) is 223 Å². The maximum absolute atomic E-state index is 13.8. The van der Waals surface area contributed by atoms with Gasteiger partial charge in [0.25, 0.3) is 0 Å². The third-order valence-electron chi connectivity index (χ3n) is 14.7. The summed E-state index contributed by atoms with van der Waals surface area (Å²) in [4.78, 5) is 116. The van der Waals surface area contributed by atoms with Crippen molar-refractivity contribution in [2.75, 3.05) is 112 Å². The van der Waals surface area contributed by atoms with Crippen LogP contribution in [0.15, 0.2) is 0 Å². The molecule has 16 unspecified atom stereocenters. The Bertz CT molecular complexity index is 2300. The summed E-state index contributed by atoms with van der Waals surface area (Å²) in [5.74, 6) is -5.39. The number of aliphatic hydroxyl groups is 9. The molecule has 0 aromatic rings. The standard InChI is InChI=1S/C61H111N9O28/c1-36(2)92-22-10-8-7-9-18-62-46(78)12-11-13-48(80)69-43(57(87)65-21-25-91-27-30-94-60-51(67-39(5)76)55(85)53(83)45(35-73)98-60)15-17-49(81)70-42(56(86)64-20-24-90-26-29-93-59-50(66-38(4)75)54(84)52(82)44(34-72)97-59)14-16-47(79)63-19-23-89-28-31-95-61(58(88)68-40(6)77)96-41(33-71)32-37(3)74/h36-37,41-45,50-55,58-61,71-74,82-85,88H,7-35H2,1-6H3,(H,62,78)(H,63,79)(H,64,86)(H,65,87)(H,66,75)(H,67,76)(H,68,77)(H,69,80)(H,70,81). The second-order valence-electron chi connectivity index (χ2n) is 23.6. The Morgan fingerprint density at radius 2 is 0.908 bits per heavy atom. The molecule has 2 rings (SSSR count). The summed E-state index contributed by atoms with van der Waals surface area (Å²) in [5, 5.41) is 114. The van der Waals surface area contributed by atoms with E-state index in [9.17, 15) is 89.1 Å². The lowest BCUT2D eigenvalue weighted by atomic mass is 9.97. The van der Waals surface area contributed by atoms with Crippen LogP contribution >= 0.6 is 0 Å². The number of unbranched alkanes of at least 4 members (excludes halogenated alkanes) is 3. The fourth-order valence-electron chi connectivity index (χ4n) is 9.76. The SMILES string of the molecule is CC(=O)NC(O)C(OCCOCCNC(=O)CCC(NC(=O)CCC(NC(=O)CCCC(=O)NCCCCCCOC(C)C)C(=O)NCCOCCOC1OC(CO)C(O)C(O)C1NC(C)=O)C(=O)NCCOCCOC1OC(CO)C(O)C(O)C1NC(C)=O)OC(CO)CC(C)O. The first kappa shape index (κ1) is 88.6. The predicted octanol–water partition coefficient (Wildman–Crippen LogP) is -6.95. The number of aliphatic hydroxyl groups excluding tert-OH is 9. The van der Waals surface area contributed by atoms with Crippen molar-refractivity contribution in [2.24, 2.45) is 0 Å². The van der Waals surface area contributed by atoms with Crippen LogP contribution in [0.1, 0.15) is 119 Å². The van der Waals surface area contributed by atoms with Gasteiger partial charge in [-0.25, -0.2) is 0 Å². The fourth-order valence-corrected chi connectivity index (χ4v) is 9.76. The van der Waals surface area contributed by atoms with E-state index in [1.54, 1.807) is 0 Å². The third-order valence-corrected chi connectivity index (χ3v) is 14.7. The molecule has 16 atom stereocenters. The Balaban J connectivity index is 2.14. The Hall–Kier alpha value is -5.53. The number of carbonyl (C=O) groups excluding carboxylic acids is 9. The molecule has 9 amide bonds. The van der Waals surface area contributed by atoms with Crippen LogP contribution in [0, 0.1) is 0 Å². The lowest BCUT2D eigenvalue weighted by Crippen LogP contribution is -2.64. The van der Waals surface area contributed by atoms with Crippen molar-refractivity contribution in [3.05, 3.63) is 0 Å². The summed E-state index contributed by atoms with van der Waals surface area (Å²) >= 11 is 0. The van der Waals surface area contributed by atoms with Gasteiger partial charge in [0.15, 0.2) is 18.8 Å². The van der Waals surface area contributed by atoms with Gasteiger partial charge in [-0.15, -0.1) is 0 Å². The zero-order valence-corrected chi connectivity index (χ0v) is 57.1. The summed E-state index contributed by atoms with van der Waals surface area (Å²) in [5.41, 5.74) is 0. The summed E-state index contributed by atoms with van der Waals surface area (Å²) < 4.78 is 55.7. The molecular weight excluding hydrogens is 1310 g/mol. The molecule has 0 saturated carbocycles. The molecule has 2 saturated heterocycles. The van der Waals surface area contributed by atoms with Crippen LogP contribution in [0.2, 0.25) is 0 Å². The van der Waals surface area contributed by atoms with E-state index < -0.39 is 172 Å². The molecule has 98 heavy (non-hydrogen) atoms. The van der Waals surface area contributed by atoms with Gasteiger partial charge in [0.05, 0.1) is 97.6 Å². The molecule has 2 aliphatic heterocycles. The summed E-state index contributed by atoms with van der Waals surface area (Å²) in [6, 6.07) is -5.08. The first-order valence-corrected chi connectivity index (χ1v) is 33.3. The Morgan fingerprint density at radius 1 is 0.459 bits per heavy atom. The Kier molecular flexibility index (Phi) is 46.6. The molecule has 37 heteroatoms. The lowest BCUT2D eigenvalue weighted by Gasteiger charge is -2.42. The number of carbonyl (C=O) groups is 9. The molecule has 0 spiro atoms. The molecule has 18 N–H and O–H groups in total. The topological polar surface area (TPSA) is 536 Å². The number of ether oxygens (including phenoxy) is 10. The first-order valence-electron chi connectivity index (χ1n) is 33.3. The molecule has 2 aliphatic rings. The van der Waals surface area contributed by atoms with E-state index >= 15 is 0 Å². The minimum absolute atomic E-state index is 0.00771. The summed E-state index contributed by atoms with van der Waals surface area (Å²) in [6.07, 6.45) is -13.8. The van der Waals surface area contributed by atoms with Crippen LogP contribution in [-0.2, 0) is 90.5 Å². The van der Waals surface area contributed by atoms with E-state index in [1.807, 2.05) is 13.8 Å². The smallest absolute Gasteiger partial charge is 0.242 e. The van der Waals surface area contributed by atoms with Gasteiger partial charge in [-0.1, -0.05) is 12.8 Å². The molecule has 2 fully saturated rings. The molecule has 0 aliphatic carbocycles. The molecule has 0 aromatic heterocycles. The number of rotatable bonds is 54. The van der Waals surface area contributed by atoms with Gasteiger partial charge < -0.3 is 141 Å². The van der Waals surface area contributed by atoms with Gasteiger partial charge in [0.1, 0.15) is 60.8 Å². The van der Waals surface area contributed by atoms with Crippen molar-refractivity contribution in [1.29, 1.82) is 0 Å². The highest BCUT2D eigenvalue weighted by molar-refractivity contribution is 5.90. The van der Waals surface area contributed by atoms with Gasteiger partial charge in [-0.05, 0) is 52.9 Å². The average molecular weight is 1420 g/mol. The van der Waals surface area contributed by atoms with E-state index in [0.29, 0.717) is 13.2 Å². The molecule has 0 bridgehead atoms. The number of nitrogens with one attached hydrogen (secondary N) is 9. The molecular formula is C61H111N9O28. The van der Waals surface area contributed by atoms with E-state index in [2.05, 4.69) is 47.9 Å². The van der Waals surface area contributed by atoms with E-state index in [4.69, 9.17) is 47.4 Å². The zero-order valence-electron chi connectivity index (χ0n) is 57.1. The summed E-state index contributed by atoms with van der Waals surface area (Å²) in [7, 11) is 0. The lowest BCUT2D eigenvalue weighted by molar-refractivity contribution is -0.272. The quantitative estimate of drug-likeness (QED) is 0.0199. The van der Waals surface area contributed by atoms with Crippen molar-refractivity contribution in [1.82, 2.24) is 47.9 Å². The van der Waals surface area contributed by atoms with E-state index in [-0.39, 0.29) is 136 Å². The van der Waals surface area contributed by atoms with Gasteiger partial charge in [0.2, 0.25) is 59.5 Å². The van der Waals surface area contributed by atoms with Gasteiger partial charge in [0, 0.05) is 85.7 Å². The highest BCUT2D eigenvalue weighted by Gasteiger charge is 2.47. The monoisotopic (exact) mass is 1420 g/mol. The summed E-state index contributed by atoms with van der Waals surface area (Å²) in [6.45, 7) is 6.78. The normalized spacial score (nSPS) is 22.7. The number of amides is 9. The number of hydrogen-bond acceptors (Lipinski definition) is 28. The largest absolute Gasteiger partial charge is 0.394 e. The van der Waals surface area contributed by atoms with Crippen LogP contribution in [-0.4, -0.2) is 315 Å². The third kappa shape index (κ3) is 38.3. The second-order valence-corrected chi connectivity index (χ2v) is 23.6. The van der Waals surface area contributed by atoms with Gasteiger partial charge in [-0.2, -0.15) is 0 Å². The minimum atomic E-state index is -1.64. The Labute approximate surface area is 570 Å². The van der Waals surface area contributed by atoms with E-state index in [0.717, 1.165) is 32.6 Å². The van der Waals surface area contributed by atoms with Crippen molar-refractivity contribution < 1.29 is 136 Å². The number of hydrogen-bond donors (Lipinski definition) is 18. The first-order chi connectivity index (χ1) is 46.7. The molecule has 37 nitrogen and oxygen atoms in total. The van der Waals surface area contributed by atoms with Crippen LogP contribution in [0.4, 0.5) is 0 Å². The fraction of sp³-hybridized carbons (Fsp3) is 0.852. The highest BCUT2D eigenvalue weighted by Crippen LogP contribution is 2.24. The van der Waals surface area contributed by atoms with Crippen LogP contribution < -0.4 is 47.9 Å². The van der Waals surface area contributed by atoms with Crippen molar-refractivity contribution >= 4 is 53.2 Å². The maximum atomic E-state index is 13.8. The molecule has 2 heterocycles. The van der Waals surface area contributed by atoms with Crippen LogP contribution in [0.5, 0.6) is 0 Å². The molecule has 568 valence electrons. The zero-order chi connectivity index (χ0) is 73.0. The van der Waals surface area contributed by atoms with Crippen molar-refractivity contribution in [3.63, 3.8) is 0 Å². The average Bonchev–Trinajstić information content (AvgIpc) is 0.818. The van der Waals surface area contributed by atoms with Gasteiger partial charge in [-0.3, -0.25) is 43.2 Å². The van der Waals surface area contributed by atoms with Crippen LogP contribution in [0.25, 0.3) is 0 Å². The van der Waals surface area contributed by atoms with E-state index in [1.165, 1.54) is 20.8 Å². The predicted molar refractivity (Wildman–Crippen MR) is 341 cm³/mol. The Morgan fingerprint density at radius 3 is 1.38 bits per heavy atom. The van der Waals surface area contributed by atoms with Gasteiger partial charge >= 0.3 is 0 Å². The molecule has 0 radical (unpaired) electrons. The van der Waals surface area contributed by atoms with Crippen molar-refractivity contribution in [3.8, 4) is 0 Å². The molecule has 0 aromatic carbocycles. The second kappa shape index (κ2) is 51.6. The maximum Gasteiger partial charge on any atom is 0.242 e.